The molecule has 1 aromatic heterocycles. The number of aliphatic hydroxyl groups excluding tert-OH is 3. The lowest BCUT2D eigenvalue weighted by Crippen LogP contribution is -2.24. The quantitative estimate of drug-likeness (QED) is 0.159. The Morgan fingerprint density at radius 2 is 1.93 bits per heavy atom. The Morgan fingerprint density at radius 3 is 2.61 bits per heavy atom. The van der Waals surface area contributed by atoms with E-state index in [0.29, 0.717) is 38.0 Å². The van der Waals surface area contributed by atoms with E-state index >= 15 is 0 Å². The molecule has 2 unspecified atom stereocenters. The van der Waals surface area contributed by atoms with Crippen LogP contribution < -0.4 is 5.48 Å². The molecule has 2 rings (SSSR count). The van der Waals surface area contributed by atoms with Crippen LogP contribution in [0.25, 0.3) is 0 Å². The van der Waals surface area contributed by atoms with Crippen molar-refractivity contribution in [2.24, 2.45) is 16.8 Å². The topological polar surface area (TPSA) is 136 Å². The Labute approximate surface area is 165 Å². The average molecular weight is 396 g/mol. The third-order valence-corrected chi connectivity index (χ3v) is 5.51. The van der Waals surface area contributed by atoms with Crippen molar-refractivity contribution in [3.05, 3.63) is 18.4 Å². The van der Waals surface area contributed by atoms with Crippen LogP contribution in [-0.4, -0.2) is 51.0 Å². The maximum atomic E-state index is 11.0. The van der Waals surface area contributed by atoms with E-state index in [1.54, 1.807) is 17.6 Å². The van der Waals surface area contributed by atoms with E-state index in [9.17, 15) is 20.1 Å². The highest BCUT2D eigenvalue weighted by atomic mass is 16.5. The number of rotatable bonds is 12. The van der Waals surface area contributed by atoms with Crippen molar-refractivity contribution in [2.75, 3.05) is 0 Å². The zero-order valence-electron chi connectivity index (χ0n) is 16.1. The molecule has 1 aliphatic rings. The first-order valence-electron chi connectivity index (χ1n) is 10.1. The fraction of sp³-hybridized carbons (Fsp3) is 0.700. The summed E-state index contributed by atoms with van der Waals surface area (Å²) in [6, 6.07) is 3.42. The molecule has 0 aliphatic heterocycles. The van der Waals surface area contributed by atoms with Gasteiger partial charge in [0.05, 0.1) is 24.6 Å². The molecule has 28 heavy (non-hydrogen) atoms. The summed E-state index contributed by atoms with van der Waals surface area (Å²) in [5, 5.41) is 39.1. The normalized spacial score (nSPS) is 26.0. The van der Waals surface area contributed by atoms with Crippen molar-refractivity contribution in [1.29, 1.82) is 0 Å². The lowest BCUT2D eigenvalue weighted by molar-refractivity contribution is -0.129. The Kier molecular flexibility index (Phi) is 9.63. The van der Waals surface area contributed by atoms with Crippen molar-refractivity contribution in [2.45, 2.75) is 76.1 Å². The van der Waals surface area contributed by atoms with Crippen LogP contribution >= 0.6 is 0 Å². The molecule has 5 N–H and O–H groups in total. The first-order chi connectivity index (χ1) is 13.5. The first-order valence-corrected chi connectivity index (χ1v) is 10.1. The van der Waals surface area contributed by atoms with Crippen LogP contribution in [0.2, 0.25) is 0 Å². The fourth-order valence-electron chi connectivity index (χ4n) is 4.00. The fourth-order valence-corrected chi connectivity index (χ4v) is 4.00. The third-order valence-electron chi connectivity index (χ3n) is 5.51. The highest BCUT2D eigenvalue weighted by molar-refractivity contribution is 5.74. The number of unbranched alkanes of at least 4 members (excludes halogenated alkanes) is 3. The van der Waals surface area contributed by atoms with Crippen molar-refractivity contribution in [1.82, 2.24) is 5.48 Å². The maximum Gasteiger partial charge on any atom is 0.243 e. The van der Waals surface area contributed by atoms with Gasteiger partial charge in [-0.1, -0.05) is 19.3 Å². The summed E-state index contributed by atoms with van der Waals surface area (Å²) in [5.74, 6) is 0.0417. The number of amides is 1. The van der Waals surface area contributed by atoms with E-state index in [1.165, 1.54) is 12.5 Å². The lowest BCUT2D eigenvalue weighted by Gasteiger charge is -2.24. The summed E-state index contributed by atoms with van der Waals surface area (Å²) in [5.41, 5.74) is 1.62. The van der Waals surface area contributed by atoms with Gasteiger partial charge >= 0.3 is 0 Å². The molecule has 1 aromatic rings. The summed E-state index contributed by atoms with van der Waals surface area (Å²) >= 11 is 0. The molecular weight excluding hydrogens is 364 g/mol. The monoisotopic (exact) mass is 396 g/mol. The summed E-state index contributed by atoms with van der Waals surface area (Å²) < 4.78 is 5.09. The molecule has 1 aliphatic carbocycles. The Bertz CT molecular complexity index is 592. The molecule has 5 atom stereocenters. The van der Waals surface area contributed by atoms with Crippen LogP contribution in [-0.2, 0) is 4.79 Å². The molecule has 8 heteroatoms. The number of hydroxylamine groups is 1. The van der Waals surface area contributed by atoms with Crippen LogP contribution in [0, 0.1) is 11.8 Å². The molecular formula is C20H32N2O6. The maximum absolute atomic E-state index is 11.0. The number of carbonyl (C=O) groups excluding carboxylic acids is 1. The van der Waals surface area contributed by atoms with Gasteiger partial charge in [0.15, 0.2) is 0 Å². The summed E-state index contributed by atoms with van der Waals surface area (Å²) in [7, 11) is 0. The van der Waals surface area contributed by atoms with Gasteiger partial charge in [0.25, 0.3) is 0 Å². The highest BCUT2D eigenvalue weighted by Gasteiger charge is 2.40. The summed E-state index contributed by atoms with van der Waals surface area (Å²) in [4.78, 5) is 15.0. The van der Waals surface area contributed by atoms with Gasteiger partial charge in [0.2, 0.25) is 11.8 Å². The predicted octanol–water partition coefficient (Wildman–Crippen LogP) is 2.33. The van der Waals surface area contributed by atoms with Crippen molar-refractivity contribution >= 4 is 18.0 Å². The first kappa shape index (κ1) is 22.5. The van der Waals surface area contributed by atoms with E-state index in [4.69, 9.17) is 9.62 Å². The van der Waals surface area contributed by atoms with Crippen molar-refractivity contribution in [3.63, 3.8) is 0 Å². The van der Waals surface area contributed by atoms with Gasteiger partial charge in [-0.3, -0.25) is 10.0 Å². The predicted molar refractivity (Wildman–Crippen MR) is 103 cm³/mol. The van der Waals surface area contributed by atoms with E-state index in [-0.39, 0.29) is 17.7 Å². The van der Waals surface area contributed by atoms with Gasteiger partial charge in [0, 0.05) is 18.7 Å². The zero-order chi connectivity index (χ0) is 20.4. The molecule has 0 radical (unpaired) electrons. The highest BCUT2D eigenvalue weighted by Crippen LogP contribution is 2.39. The SMILES string of the molecule is O=C(CCCCCC[C@@H]1C(CCC(O)C=Nc2ccco2)[C@H](O)C[C@@H]1O)NO. The Hall–Kier alpha value is -1.74. The molecule has 0 saturated heterocycles. The van der Waals surface area contributed by atoms with Crippen molar-refractivity contribution in [3.8, 4) is 0 Å². The number of carbonyl (C=O) groups is 1. The van der Waals surface area contributed by atoms with Crippen LogP contribution in [0.15, 0.2) is 27.8 Å². The lowest BCUT2D eigenvalue weighted by atomic mass is 9.85. The van der Waals surface area contributed by atoms with E-state index in [1.807, 2.05) is 0 Å². The van der Waals surface area contributed by atoms with E-state index in [2.05, 4.69) is 4.99 Å². The van der Waals surface area contributed by atoms with Crippen molar-refractivity contribution < 1.29 is 29.7 Å². The molecule has 8 nitrogen and oxygen atoms in total. The van der Waals surface area contributed by atoms with Gasteiger partial charge in [-0.2, -0.15) is 0 Å². The summed E-state index contributed by atoms with van der Waals surface area (Å²) in [6.45, 7) is 0. The Morgan fingerprint density at radius 1 is 1.21 bits per heavy atom. The number of aliphatic hydroxyl groups is 3. The van der Waals surface area contributed by atoms with Gasteiger partial charge in [-0.15, -0.1) is 0 Å². The molecule has 1 saturated carbocycles. The second kappa shape index (κ2) is 12.0. The number of furan rings is 1. The van der Waals surface area contributed by atoms with Crippen LogP contribution in [0.5, 0.6) is 0 Å². The summed E-state index contributed by atoms with van der Waals surface area (Å²) in [6.07, 6.45) is 7.17. The van der Waals surface area contributed by atoms with E-state index in [0.717, 1.165) is 25.7 Å². The number of nitrogens with one attached hydrogen (secondary N) is 1. The number of hydrogen-bond donors (Lipinski definition) is 5. The largest absolute Gasteiger partial charge is 0.447 e. The molecule has 1 heterocycles. The Balaban J connectivity index is 1.71. The smallest absolute Gasteiger partial charge is 0.243 e. The number of hydrogen-bond acceptors (Lipinski definition) is 7. The van der Waals surface area contributed by atoms with Gasteiger partial charge < -0.3 is 19.7 Å². The second-order valence-electron chi connectivity index (χ2n) is 7.56. The van der Waals surface area contributed by atoms with Gasteiger partial charge in [-0.05, 0) is 50.0 Å². The second-order valence-corrected chi connectivity index (χ2v) is 7.56. The standard InChI is InChI=1S/C20H32N2O6/c23-14(13-21-20-8-5-11-28-20)9-10-16-15(17(24)12-18(16)25)6-3-1-2-4-7-19(26)22-27/h5,8,11,13-18,23-25,27H,1-4,6-7,9-10,12H2,(H,22,26)/t14?,15-,16?,17+,18-/m1/s1. The number of aliphatic imine (C=N–C) groups is 1. The minimum absolute atomic E-state index is 0.0185. The molecule has 1 fully saturated rings. The number of nitrogens with zero attached hydrogens (tertiary/aromatic N) is 1. The minimum Gasteiger partial charge on any atom is -0.447 e. The average Bonchev–Trinajstić information content (AvgIpc) is 3.29. The molecule has 158 valence electrons. The van der Waals surface area contributed by atoms with Crippen LogP contribution in [0.3, 0.4) is 0 Å². The zero-order valence-corrected chi connectivity index (χ0v) is 16.1. The van der Waals surface area contributed by atoms with Crippen LogP contribution in [0.4, 0.5) is 5.88 Å². The molecule has 1 amide bonds. The minimum atomic E-state index is -0.728. The third kappa shape index (κ3) is 7.35. The van der Waals surface area contributed by atoms with Gasteiger partial charge in [-0.25, -0.2) is 10.5 Å². The molecule has 0 spiro atoms. The molecule has 0 aromatic carbocycles. The van der Waals surface area contributed by atoms with Gasteiger partial charge in [0.1, 0.15) is 0 Å². The molecule has 0 bridgehead atoms. The van der Waals surface area contributed by atoms with E-state index < -0.39 is 18.3 Å². The van der Waals surface area contributed by atoms with Crippen LogP contribution in [0.1, 0.15) is 57.8 Å².